The molecular weight excluding hydrogens is 220 g/mol. The van der Waals surface area contributed by atoms with Gasteiger partial charge in [-0.15, -0.1) is 0 Å². The van der Waals surface area contributed by atoms with Crippen LogP contribution in [-0.2, 0) is 4.74 Å². The third-order valence-electron chi connectivity index (χ3n) is 2.92. The molecule has 2 rings (SSSR count). The Morgan fingerprint density at radius 3 is 2.88 bits per heavy atom. The zero-order chi connectivity index (χ0) is 12.6. The SMILES string of the molecule is COC(C)c1c(C(=O)O)cnn2ccc(C)c12. The predicted molar refractivity (Wildman–Crippen MR) is 62.3 cm³/mol. The van der Waals surface area contributed by atoms with Gasteiger partial charge in [0.05, 0.1) is 23.4 Å². The van der Waals surface area contributed by atoms with Crippen LogP contribution in [0.25, 0.3) is 5.52 Å². The van der Waals surface area contributed by atoms with E-state index in [-0.39, 0.29) is 11.7 Å². The molecule has 2 aromatic heterocycles. The van der Waals surface area contributed by atoms with Crippen LogP contribution in [0.1, 0.15) is 34.5 Å². The maximum atomic E-state index is 11.2. The summed E-state index contributed by atoms with van der Waals surface area (Å²) in [6.07, 6.45) is 2.88. The highest BCUT2D eigenvalue weighted by molar-refractivity contribution is 5.92. The molecule has 1 N–H and O–H groups in total. The summed E-state index contributed by atoms with van der Waals surface area (Å²) in [5.74, 6) is -0.987. The minimum Gasteiger partial charge on any atom is -0.478 e. The van der Waals surface area contributed by atoms with Crippen LogP contribution < -0.4 is 0 Å². The molecule has 1 unspecified atom stereocenters. The molecule has 0 saturated carbocycles. The van der Waals surface area contributed by atoms with Crippen LogP contribution >= 0.6 is 0 Å². The second-order valence-electron chi connectivity index (χ2n) is 3.95. The Hall–Kier alpha value is -1.88. The van der Waals surface area contributed by atoms with Crippen molar-refractivity contribution >= 4 is 11.5 Å². The summed E-state index contributed by atoms with van der Waals surface area (Å²) in [6, 6.07) is 1.90. The Bertz CT molecular complexity index is 574. The minimum absolute atomic E-state index is 0.189. The maximum absolute atomic E-state index is 11.2. The highest BCUT2D eigenvalue weighted by Crippen LogP contribution is 2.27. The third-order valence-corrected chi connectivity index (χ3v) is 2.92. The molecule has 0 bridgehead atoms. The van der Waals surface area contributed by atoms with E-state index in [4.69, 9.17) is 4.74 Å². The Morgan fingerprint density at radius 2 is 2.29 bits per heavy atom. The fraction of sp³-hybridized carbons (Fsp3) is 0.333. The van der Waals surface area contributed by atoms with E-state index in [1.165, 1.54) is 6.20 Å². The maximum Gasteiger partial charge on any atom is 0.337 e. The van der Waals surface area contributed by atoms with Crippen molar-refractivity contribution in [2.45, 2.75) is 20.0 Å². The summed E-state index contributed by atoms with van der Waals surface area (Å²) in [5.41, 5.74) is 2.64. The molecule has 5 heteroatoms. The lowest BCUT2D eigenvalue weighted by molar-refractivity contribution is 0.0683. The van der Waals surface area contributed by atoms with Gasteiger partial charge in [-0.2, -0.15) is 5.10 Å². The topological polar surface area (TPSA) is 63.8 Å². The van der Waals surface area contributed by atoms with Crippen LogP contribution in [0.15, 0.2) is 18.5 Å². The quantitative estimate of drug-likeness (QED) is 0.882. The first-order valence-corrected chi connectivity index (χ1v) is 5.29. The molecule has 0 aliphatic carbocycles. The van der Waals surface area contributed by atoms with Gasteiger partial charge in [-0.05, 0) is 25.5 Å². The lowest BCUT2D eigenvalue weighted by Crippen LogP contribution is -2.11. The number of ether oxygens (including phenoxy) is 1. The van der Waals surface area contributed by atoms with Crippen LogP contribution in [-0.4, -0.2) is 27.8 Å². The predicted octanol–water partition coefficient (Wildman–Crippen LogP) is 2.05. The fourth-order valence-corrected chi connectivity index (χ4v) is 1.97. The van der Waals surface area contributed by atoms with Crippen LogP contribution in [0.3, 0.4) is 0 Å². The molecular formula is C12H14N2O3. The van der Waals surface area contributed by atoms with Gasteiger partial charge in [0.2, 0.25) is 0 Å². The van der Waals surface area contributed by atoms with Crippen molar-refractivity contribution < 1.29 is 14.6 Å². The van der Waals surface area contributed by atoms with Gasteiger partial charge in [-0.1, -0.05) is 0 Å². The molecule has 2 heterocycles. The molecule has 5 nitrogen and oxygen atoms in total. The standard InChI is InChI=1S/C12H14N2O3/c1-7-4-5-14-11(7)10(8(2)17-3)9(6-13-14)12(15)16/h4-6,8H,1-3H3,(H,15,16). The molecule has 0 aliphatic rings. The smallest absolute Gasteiger partial charge is 0.337 e. The Morgan fingerprint density at radius 1 is 1.59 bits per heavy atom. The molecule has 0 radical (unpaired) electrons. The molecule has 0 aromatic carbocycles. The molecule has 0 fully saturated rings. The summed E-state index contributed by atoms with van der Waals surface area (Å²) >= 11 is 0. The van der Waals surface area contributed by atoms with Gasteiger partial charge in [0.1, 0.15) is 0 Å². The summed E-state index contributed by atoms with van der Waals surface area (Å²) < 4.78 is 6.93. The normalized spacial score (nSPS) is 12.9. The van der Waals surface area contributed by atoms with E-state index < -0.39 is 5.97 Å². The molecule has 1 atom stereocenters. The van der Waals surface area contributed by atoms with Gasteiger partial charge in [0.25, 0.3) is 0 Å². The average Bonchev–Trinajstić information content (AvgIpc) is 2.69. The van der Waals surface area contributed by atoms with Crippen molar-refractivity contribution in [1.82, 2.24) is 9.61 Å². The number of hydrogen-bond acceptors (Lipinski definition) is 3. The van der Waals surface area contributed by atoms with E-state index in [9.17, 15) is 9.90 Å². The monoisotopic (exact) mass is 234 g/mol. The lowest BCUT2D eigenvalue weighted by Gasteiger charge is -2.15. The number of aryl methyl sites for hydroxylation is 1. The molecule has 90 valence electrons. The zero-order valence-electron chi connectivity index (χ0n) is 9.97. The first-order valence-electron chi connectivity index (χ1n) is 5.29. The van der Waals surface area contributed by atoms with Gasteiger partial charge in [-0.25, -0.2) is 9.31 Å². The summed E-state index contributed by atoms with van der Waals surface area (Å²) in [5, 5.41) is 13.3. The van der Waals surface area contributed by atoms with Crippen molar-refractivity contribution in [3.8, 4) is 0 Å². The van der Waals surface area contributed by atoms with Gasteiger partial charge in [-0.3, -0.25) is 0 Å². The minimum atomic E-state index is -0.987. The summed E-state index contributed by atoms with van der Waals surface area (Å²) in [6.45, 7) is 3.75. The van der Waals surface area contributed by atoms with E-state index in [0.717, 1.165) is 11.1 Å². The number of carboxylic acids is 1. The fourth-order valence-electron chi connectivity index (χ4n) is 1.97. The van der Waals surface area contributed by atoms with Gasteiger partial charge < -0.3 is 9.84 Å². The first-order chi connectivity index (χ1) is 8.06. The number of fused-ring (bicyclic) bond motifs is 1. The number of carbonyl (C=O) groups is 1. The highest BCUT2D eigenvalue weighted by Gasteiger charge is 2.20. The summed E-state index contributed by atoms with van der Waals surface area (Å²) in [7, 11) is 1.56. The Kier molecular flexibility index (Phi) is 2.85. The van der Waals surface area contributed by atoms with Gasteiger partial charge >= 0.3 is 5.97 Å². The summed E-state index contributed by atoms with van der Waals surface area (Å²) in [4.78, 5) is 11.2. The molecule has 0 saturated heterocycles. The Balaban J connectivity index is 2.83. The first kappa shape index (κ1) is 11.6. The third kappa shape index (κ3) is 1.78. The molecule has 0 spiro atoms. The van der Waals surface area contributed by atoms with Crippen molar-refractivity contribution in [3.63, 3.8) is 0 Å². The van der Waals surface area contributed by atoms with E-state index in [1.807, 2.05) is 26.1 Å². The van der Waals surface area contributed by atoms with Gasteiger partial charge in [0.15, 0.2) is 0 Å². The van der Waals surface area contributed by atoms with Crippen molar-refractivity contribution in [3.05, 3.63) is 35.2 Å². The van der Waals surface area contributed by atoms with Crippen LogP contribution in [0.2, 0.25) is 0 Å². The van der Waals surface area contributed by atoms with Crippen LogP contribution in [0.4, 0.5) is 0 Å². The number of rotatable bonds is 3. The average molecular weight is 234 g/mol. The van der Waals surface area contributed by atoms with E-state index >= 15 is 0 Å². The molecule has 0 aliphatic heterocycles. The van der Waals surface area contributed by atoms with Crippen molar-refractivity contribution in [2.75, 3.05) is 7.11 Å². The van der Waals surface area contributed by atoms with E-state index in [2.05, 4.69) is 5.10 Å². The molecule has 17 heavy (non-hydrogen) atoms. The van der Waals surface area contributed by atoms with Crippen LogP contribution in [0, 0.1) is 6.92 Å². The zero-order valence-corrected chi connectivity index (χ0v) is 9.97. The van der Waals surface area contributed by atoms with Crippen molar-refractivity contribution in [1.29, 1.82) is 0 Å². The second-order valence-corrected chi connectivity index (χ2v) is 3.95. The highest BCUT2D eigenvalue weighted by atomic mass is 16.5. The van der Waals surface area contributed by atoms with E-state index in [1.54, 1.807) is 11.6 Å². The molecule has 0 amide bonds. The van der Waals surface area contributed by atoms with Crippen LogP contribution in [0.5, 0.6) is 0 Å². The number of carboxylic acid groups (broad SMARTS) is 1. The number of aromatic nitrogens is 2. The number of methoxy groups -OCH3 is 1. The molecule has 2 aromatic rings. The number of aromatic carboxylic acids is 1. The number of hydrogen-bond donors (Lipinski definition) is 1. The number of nitrogens with zero attached hydrogens (tertiary/aromatic N) is 2. The lowest BCUT2D eigenvalue weighted by atomic mass is 10.0. The van der Waals surface area contributed by atoms with E-state index in [0.29, 0.717) is 5.56 Å². The second kappa shape index (κ2) is 4.18. The Labute approximate surface area is 98.6 Å². The largest absolute Gasteiger partial charge is 0.478 e. The van der Waals surface area contributed by atoms with Crippen molar-refractivity contribution in [2.24, 2.45) is 0 Å². The van der Waals surface area contributed by atoms with Gasteiger partial charge in [0, 0.05) is 18.9 Å².